The first kappa shape index (κ1) is 26.3. The highest BCUT2D eigenvalue weighted by Gasteiger charge is 2.40. The van der Waals surface area contributed by atoms with Gasteiger partial charge in [0, 0.05) is 51.7 Å². The van der Waals surface area contributed by atoms with Crippen LogP contribution in [-0.4, -0.2) is 48.7 Å². The fraction of sp³-hybridized carbons (Fsp3) is 0.423. The van der Waals surface area contributed by atoms with Crippen molar-refractivity contribution in [3.63, 3.8) is 0 Å². The van der Waals surface area contributed by atoms with E-state index in [9.17, 15) is 9.18 Å². The number of aromatic nitrogens is 3. The van der Waals surface area contributed by atoms with Crippen molar-refractivity contribution in [2.75, 3.05) is 24.7 Å². The minimum Gasteiger partial charge on any atom is -0.438 e. The Kier molecular flexibility index (Phi) is 7.82. The molecule has 1 saturated heterocycles. The van der Waals surface area contributed by atoms with Crippen molar-refractivity contribution in [2.24, 2.45) is 0 Å². The maximum absolute atomic E-state index is 14.1. The number of amides is 1. The molecule has 0 radical (unpaired) electrons. The number of carbonyl (C=O) groups excluding carboxylic acids is 1. The van der Waals surface area contributed by atoms with Crippen LogP contribution in [0, 0.1) is 5.82 Å². The fourth-order valence-electron chi connectivity index (χ4n) is 4.04. The highest BCUT2D eigenvalue weighted by molar-refractivity contribution is 6.76. The van der Waals surface area contributed by atoms with Crippen LogP contribution in [0.5, 0.6) is 0 Å². The van der Waals surface area contributed by atoms with E-state index in [1.54, 1.807) is 35.0 Å². The van der Waals surface area contributed by atoms with Crippen molar-refractivity contribution >= 4 is 31.6 Å². The molecule has 2 aromatic heterocycles. The first-order valence-electron chi connectivity index (χ1n) is 12.1. The van der Waals surface area contributed by atoms with Crippen LogP contribution in [0.15, 0.2) is 48.8 Å². The summed E-state index contributed by atoms with van der Waals surface area (Å²) in [6.45, 7) is 10.8. The molecule has 7 nitrogen and oxygen atoms in total. The van der Waals surface area contributed by atoms with E-state index in [-0.39, 0.29) is 5.02 Å². The van der Waals surface area contributed by atoms with Gasteiger partial charge in [0.1, 0.15) is 17.2 Å². The Labute approximate surface area is 217 Å². The molecule has 192 valence electrons. The second-order valence-corrected chi connectivity index (χ2v) is 16.4. The van der Waals surface area contributed by atoms with Gasteiger partial charge in [0.15, 0.2) is 0 Å². The van der Waals surface area contributed by atoms with Crippen molar-refractivity contribution in [1.82, 2.24) is 14.8 Å². The van der Waals surface area contributed by atoms with Gasteiger partial charge < -0.3 is 9.47 Å². The van der Waals surface area contributed by atoms with Crippen LogP contribution >= 0.6 is 11.6 Å². The van der Waals surface area contributed by atoms with E-state index in [1.165, 1.54) is 12.1 Å². The van der Waals surface area contributed by atoms with Crippen LogP contribution in [0.3, 0.4) is 0 Å². The normalized spacial score (nSPS) is 18.4. The minimum atomic E-state index is -1.18. The lowest BCUT2D eigenvalue weighted by molar-refractivity contribution is 0.00514. The standard InChI is InChI=1S/C26H32ClFN4O3Si/c1-26(20-5-6-21(27)22(28)17-20)9-12-31(25(33)35-26)24-18-23(19-7-10-29-11-8-19)30-32(24)13-14-34-15-16-36(2,3)4/h5-8,10-11,17-18H,9,12-16H2,1-4H3. The van der Waals surface area contributed by atoms with Crippen molar-refractivity contribution in [1.29, 1.82) is 0 Å². The van der Waals surface area contributed by atoms with Gasteiger partial charge in [-0.15, -0.1) is 0 Å². The molecular formula is C26H32ClFN4O3Si. The predicted molar refractivity (Wildman–Crippen MR) is 142 cm³/mol. The monoisotopic (exact) mass is 530 g/mol. The molecule has 1 atom stereocenters. The van der Waals surface area contributed by atoms with Crippen molar-refractivity contribution in [2.45, 2.75) is 51.2 Å². The van der Waals surface area contributed by atoms with Gasteiger partial charge in [0.2, 0.25) is 0 Å². The summed E-state index contributed by atoms with van der Waals surface area (Å²) in [5, 5.41) is 4.79. The zero-order valence-electron chi connectivity index (χ0n) is 21.1. The number of carbonyl (C=O) groups is 1. The lowest BCUT2D eigenvalue weighted by Gasteiger charge is -2.39. The zero-order valence-corrected chi connectivity index (χ0v) is 22.9. The number of benzene rings is 1. The van der Waals surface area contributed by atoms with Crippen molar-refractivity contribution in [3.8, 4) is 11.3 Å². The van der Waals surface area contributed by atoms with Crippen molar-refractivity contribution in [3.05, 3.63) is 65.2 Å². The summed E-state index contributed by atoms with van der Waals surface area (Å²) in [4.78, 5) is 18.9. The van der Waals surface area contributed by atoms with E-state index in [0.29, 0.717) is 44.1 Å². The molecule has 1 aliphatic rings. The third-order valence-electron chi connectivity index (χ3n) is 6.33. The minimum absolute atomic E-state index is 0.0331. The molecule has 0 bridgehead atoms. The summed E-state index contributed by atoms with van der Waals surface area (Å²) in [6.07, 6.45) is 3.38. The molecule has 3 aromatic rings. The van der Waals surface area contributed by atoms with Crippen LogP contribution in [0.2, 0.25) is 30.7 Å². The summed E-state index contributed by atoms with van der Waals surface area (Å²) < 4.78 is 27.6. The quantitative estimate of drug-likeness (QED) is 0.238. The summed E-state index contributed by atoms with van der Waals surface area (Å²) >= 11 is 5.84. The SMILES string of the molecule is CC1(c2ccc(Cl)c(F)c2)CCN(c2cc(-c3ccncc3)nn2CCOCC[Si](C)(C)C)C(=O)O1. The topological polar surface area (TPSA) is 69.5 Å². The number of ether oxygens (including phenoxy) is 2. The molecule has 1 fully saturated rings. The summed E-state index contributed by atoms with van der Waals surface area (Å²) in [5.41, 5.74) is 1.24. The zero-order chi connectivity index (χ0) is 25.9. The molecule has 1 aromatic carbocycles. The number of hydrogen-bond donors (Lipinski definition) is 0. The van der Waals surface area contributed by atoms with Gasteiger partial charge >= 0.3 is 6.09 Å². The lowest BCUT2D eigenvalue weighted by atomic mass is 9.91. The van der Waals surface area contributed by atoms with E-state index < -0.39 is 25.6 Å². The van der Waals surface area contributed by atoms with Crippen LogP contribution in [-0.2, 0) is 21.6 Å². The van der Waals surface area contributed by atoms with Gasteiger partial charge in [-0.2, -0.15) is 5.10 Å². The van der Waals surface area contributed by atoms with Crippen LogP contribution in [0.1, 0.15) is 18.9 Å². The van der Waals surface area contributed by atoms with E-state index >= 15 is 0 Å². The number of cyclic esters (lactones) is 1. The highest BCUT2D eigenvalue weighted by atomic mass is 35.5. The molecule has 36 heavy (non-hydrogen) atoms. The third-order valence-corrected chi connectivity index (χ3v) is 8.34. The Balaban J connectivity index is 1.54. The maximum atomic E-state index is 14.1. The van der Waals surface area contributed by atoms with Crippen LogP contribution < -0.4 is 4.90 Å². The van der Waals surface area contributed by atoms with Gasteiger partial charge in [-0.05, 0) is 42.8 Å². The summed E-state index contributed by atoms with van der Waals surface area (Å²) in [7, 11) is -1.18. The lowest BCUT2D eigenvalue weighted by Crippen LogP contribution is -2.47. The Morgan fingerprint density at radius 3 is 2.58 bits per heavy atom. The molecule has 3 heterocycles. The summed E-state index contributed by atoms with van der Waals surface area (Å²) in [5.74, 6) is 0.0908. The number of hydrogen-bond acceptors (Lipinski definition) is 5. The molecular weight excluding hydrogens is 499 g/mol. The first-order valence-corrected chi connectivity index (χ1v) is 16.2. The molecule has 0 saturated carbocycles. The largest absolute Gasteiger partial charge is 0.438 e. The molecule has 1 aliphatic heterocycles. The van der Waals surface area contributed by atoms with Crippen LogP contribution in [0.25, 0.3) is 11.3 Å². The van der Waals surface area contributed by atoms with Crippen LogP contribution in [0.4, 0.5) is 15.0 Å². The smallest absolute Gasteiger partial charge is 0.416 e. The third kappa shape index (κ3) is 6.14. The molecule has 4 rings (SSSR count). The average molecular weight is 531 g/mol. The number of nitrogens with zero attached hydrogens (tertiary/aromatic N) is 4. The summed E-state index contributed by atoms with van der Waals surface area (Å²) in [6, 6.07) is 11.2. The van der Waals surface area contributed by atoms with E-state index in [1.807, 2.05) is 18.2 Å². The maximum Gasteiger partial charge on any atom is 0.416 e. The van der Waals surface area contributed by atoms with E-state index in [4.69, 9.17) is 26.2 Å². The number of pyridine rings is 1. The molecule has 1 amide bonds. The molecule has 1 unspecified atom stereocenters. The highest BCUT2D eigenvalue weighted by Crippen LogP contribution is 2.37. The molecule has 10 heteroatoms. The van der Waals surface area contributed by atoms with Gasteiger partial charge in [-0.3, -0.25) is 9.88 Å². The fourth-order valence-corrected chi connectivity index (χ4v) is 4.91. The molecule has 0 spiro atoms. The Morgan fingerprint density at radius 1 is 1.17 bits per heavy atom. The van der Waals surface area contributed by atoms with Gasteiger partial charge in [0.25, 0.3) is 0 Å². The Bertz CT molecular complexity index is 1220. The molecule has 0 aliphatic carbocycles. The Morgan fingerprint density at radius 2 is 1.92 bits per heavy atom. The molecule has 0 N–H and O–H groups in total. The number of anilines is 1. The van der Waals surface area contributed by atoms with E-state index in [0.717, 1.165) is 17.3 Å². The second kappa shape index (κ2) is 10.7. The number of halogens is 2. The van der Waals surface area contributed by atoms with Gasteiger partial charge in [-0.25, -0.2) is 13.9 Å². The van der Waals surface area contributed by atoms with Gasteiger partial charge in [0.05, 0.1) is 23.9 Å². The number of rotatable bonds is 9. The predicted octanol–water partition coefficient (Wildman–Crippen LogP) is 6.35. The first-order chi connectivity index (χ1) is 17.1. The van der Waals surface area contributed by atoms with Crippen molar-refractivity contribution < 1.29 is 18.7 Å². The average Bonchev–Trinajstić information content (AvgIpc) is 3.24. The van der Waals surface area contributed by atoms with E-state index in [2.05, 4.69) is 24.6 Å². The second-order valence-electron chi connectivity index (χ2n) is 10.4. The Hall–Kier alpha value is -2.75. The van der Waals surface area contributed by atoms with Gasteiger partial charge in [-0.1, -0.05) is 37.3 Å².